The SMILES string of the molecule is COc1ccc([C@@]2(O)CN[C@H](C(=O)O)C2)cc1. The molecular weight excluding hydrogens is 222 g/mol. The van der Waals surface area contributed by atoms with E-state index >= 15 is 0 Å². The minimum Gasteiger partial charge on any atom is -0.497 e. The van der Waals surface area contributed by atoms with Crippen LogP contribution in [-0.4, -0.2) is 35.9 Å². The van der Waals surface area contributed by atoms with Gasteiger partial charge in [-0.15, -0.1) is 0 Å². The van der Waals surface area contributed by atoms with Crippen LogP contribution in [-0.2, 0) is 10.4 Å². The summed E-state index contributed by atoms with van der Waals surface area (Å²) in [4.78, 5) is 10.8. The zero-order valence-electron chi connectivity index (χ0n) is 9.51. The van der Waals surface area contributed by atoms with Crippen molar-refractivity contribution in [3.63, 3.8) is 0 Å². The standard InChI is InChI=1S/C12H15NO4/c1-17-9-4-2-8(3-5-9)12(16)6-10(11(14)15)13-7-12/h2-5,10,13,16H,6-7H2,1H3,(H,14,15)/t10-,12-/m0/s1. The number of aliphatic carboxylic acids is 1. The van der Waals surface area contributed by atoms with E-state index < -0.39 is 17.6 Å². The molecule has 92 valence electrons. The fourth-order valence-corrected chi connectivity index (χ4v) is 2.07. The van der Waals surface area contributed by atoms with Gasteiger partial charge in [-0.3, -0.25) is 4.79 Å². The molecule has 2 rings (SSSR count). The maximum atomic E-state index is 10.8. The quantitative estimate of drug-likeness (QED) is 0.706. The van der Waals surface area contributed by atoms with Crippen LogP contribution in [0.4, 0.5) is 0 Å². The Bertz CT molecular complexity index is 417. The molecule has 0 spiro atoms. The summed E-state index contributed by atoms with van der Waals surface area (Å²) in [6.45, 7) is 0.246. The Labute approximate surface area is 99.0 Å². The summed E-state index contributed by atoms with van der Waals surface area (Å²) in [6, 6.07) is 6.32. The average molecular weight is 237 g/mol. The van der Waals surface area contributed by atoms with Gasteiger partial charge in [-0.05, 0) is 17.7 Å². The lowest BCUT2D eigenvalue weighted by Crippen LogP contribution is -2.30. The van der Waals surface area contributed by atoms with Gasteiger partial charge < -0.3 is 20.3 Å². The number of carboxylic acid groups (broad SMARTS) is 1. The second-order valence-electron chi connectivity index (χ2n) is 4.24. The minimum absolute atomic E-state index is 0.175. The first-order chi connectivity index (χ1) is 8.05. The predicted octanol–water partition coefficient (Wildman–Crippen LogP) is 0.329. The Balaban J connectivity index is 2.18. The van der Waals surface area contributed by atoms with E-state index in [9.17, 15) is 9.90 Å². The van der Waals surface area contributed by atoms with E-state index in [2.05, 4.69) is 5.32 Å². The molecule has 1 heterocycles. The first kappa shape index (κ1) is 11.9. The number of nitrogens with one attached hydrogen (secondary N) is 1. The summed E-state index contributed by atoms with van der Waals surface area (Å²) in [7, 11) is 1.57. The van der Waals surface area contributed by atoms with Crippen LogP contribution < -0.4 is 10.1 Å². The lowest BCUT2D eigenvalue weighted by Gasteiger charge is -2.22. The topological polar surface area (TPSA) is 78.8 Å². The van der Waals surface area contributed by atoms with Gasteiger partial charge >= 0.3 is 5.97 Å². The molecule has 5 nitrogen and oxygen atoms in total. The van der Waals surface area contributed by atoms with Crippen LogP contribution in [0.2, 0.25) is 0 Å². The second-order valence-corrected chi connectivity index (χ2v) is 4.24. The molecule has 17 heavy (non-hydrogen) atoms. The number of ether oxygens (including phenoxy) is 1. The lowest BCUT2D eigenvalue weighted by molar-refractivity contribution is -0.139. The van der Waals surface area contributed by atoms with E-state index in [1.54, 1.807) is 31.4 Å². The number of aliphatic hydroxyl groups is 1. The van der Waals surface area contributed by atoms with Crippen LogP contribution in [0.15, 0.2) is 24.3 Å². The molecule has 1 aromatic rings. The highest BCUT2D eigenvalue weighted by molar-refractivity contribution is 5.74. The number of carboxylic acids is 1. The number of hydrogen-bond acceptors (Lipinski definition) is 4. The third-order valence-electron chi connectivity index (χ3n) is 3.11. The van der Waals surface area contributed by atoms with Gasteiger partial charge in [0.05, 0.1) is 7.11 Å². The normalized spacial score (nSPS) is 28.0. The monoisotopic (exact) mass is 237 g/mol. The van der Waals surface area contributed by atoms with Crippen molar-refractivity contribution in [2.45, 2.75) is 18.1 Å². The van der Waals surface area contributed by atoms with Gasteiger partial charge in [0, 0.05) is 13.0 Å². The molecule has 3 N–H and O–H groups in total. The molecule has 0 radical (unpaired) electrons. The Morgan fingerprint density at radius 2 is 2.12 bits per heavy atom. The van der Waals surface area contributed by atoms with Gasteiger partial charge in [0.15, 0.2) is 0 Å². The first-order valence-electron chi connectivity index (χ1n) is 5.38. The van der Waals surface area contributed by atoms with Crippen molar-refractivity contribution < 1.29 is 19.7 Å². The number of hydrogen-bond donors (Lipinski definition) is 3. The maximum Gasteiger partial charge on any atom is 0.320 e. The molecule has 1 aliphatic rings. The summed E-state index contributed by atoms with van der Waals surface area (Å²) >= 11 is 0. The Morgan fingerprint density at radius 1 is 1.47 bits per heavy atom. The van der Waals surface area contributed by atoms with Gasteiger partial charge in [0.2, 0.25) is 0 Å². The van der Waals surface area contributed by atoms with Gasteiger partial charge in [-0.25, -0.2) is 0 Å². The van der Waals surface area contributed by atoms with E-state index in [0.717, 1.165) is 0 Å². The zero-order chi connectivity index (χ0) is 12.5. The Morgan fingerprint density at radius 3 is 2.59 bits per heavy atom. The van der Waals surface area contributed by atoms with E-state index in [4.69, 9.17) is 9.84 Å². The summed E-state index contributed by atoms with van der Waals surface area (Å²) in [6.07, 6.45) is 0.175. The van der Waals surface area contributed by atoms with Crippen LogP contribution in [0.25, 0.3) is 0 Å². The van der Waals surface area contributed by atoms with Gasteiger partial charge in [-0.2, -0.15) is 0 Å². The van der Waals surface area contributed by atoms with E-state index in [-0.39, 0.29) is 13.0 Å². The molecule has 1 aromatic carbocycles. The summed E-state index contributed by atoms with van der Waals surface area (Å²) in [5, 5.41) is 22.1. The number of rotatable bonds is 3. The number of carbonyl (C=O) groups is 1. The average Bonchev–Trinajstić information content (AvgIpc) is 2.74. The molecule has 1 fully saturated rings. The smallest absolute Gasteiger partial charge is 0.320 e. The highest BCUT2D eigenvalue weighted by atomic mass is 16.5. The fraction of sp³-hybridized carbons (Fsp3) is 0.417. The molecule has 0 saturated carbocycles. The molecule has 1 aliphatic heterocycles. The van der Waals surface area contributed by atoms with Crippen molar-refractivity contribution in [1.82, 2.24) is 5.32 Å². The van der Waals surface area contributed by atoms with E-state index in [1.807, 2.05) is 0 Å². The molecule has 0 unspecified atom stereocenters. The summed E-state index contributed by atoms with van der Waals surface area (Å²) in [5.41, 5.74) is -0.412. The molecule has 5 heteroatoms. The zero-order valence-corrected chi connectivity index (χ0v) is 9.51. The van der Waals surface area contributed by atoms with Gasteiger partial charge in [0.25, 0.3) is 0 Å². The fourth-order valence-electron chi connectivity index (χ4n) is 2.07. The predicted molar refractivity (Wildman–Crippen MR) is 60.9 cm³/mol. The van der Waals surface area contributed by atoms with Crippen LogP contribution in [0.3, 0.4) is 0 Å². The molecule has 0 aliphatic carbocycles. The van der Waals surface area contributed by atoms with Crippen molar-refractivity contribution in [3.05, 3.63) is 29.8 Å². The van der Waals surface area contributed by atoms with Crippen LogP contribution in [0, 0.1) is 0 Å². The summed E-state index contributed by atoms with van der Waals surface area (Å²) < 4.78 is 5.03. The second kappa shape index (κ2) is 4.35. The number of β-amino-alcohol motifs (C(OH)–C–C–N with tert-alkyl or cyclic N) is 1. The molecule has 0 bridgehead atoms. The van der Waals surface area contributed by atoms with Gasteiger partial charge in [-0.1, -0.05) is 12.1 Å². The van der Waals surface area contributed by atoms with Crippen molar-refractivity contribution in [2.75, 3.05) is 13.7 Å². The highest BCUT2D eigenvalue weighted by Crippen LogP contribution is 2.31. The Kier molecular flexibility index (Phi) is 3.04. The molecular formula is C12H15NO4. The molecule has 2 atom stereocenters. The largest absolute Gasteiger partial charge is 0.497 e. The molecule has 1 saturated heterocycles. The number of methoxy groups -OCH3 is 1. The lowest BCUT2D eigenvalue weighted by atomic mass is 9.91. The Hall–Kier alpha value is -1.59. The van der Waals surface area contributed by atoms with Crippen LogP contribution >= 0.6 is 0 Å². The third kappa shape index (κ3) is 2.25. The molecule has 0 amide bonds. The van der Waals surface area contributed by atoms with Crippen molar-refractivity contribution >= 4 is 5.97 Å². The minimum atomic E-state index is -1.12. The third-order valence-corrected chi connectivity index (χ3v) is 3.11. The molecule has 0 aromatic heterocycles. The van der Waals surface area contributed by atoms with Crippen LogP contribution in [0.1, 0.15) is 12.0 Å². The van der Waals surface area contributed by atoms with Crippen LogP contribution in [0.5, 0.6) is 5.75 Å². The van der Waals surface area contributed by atoms with Crippen molar-refractivity contribution in [1.29, 1.82) is 0 Å². The van der Waals surface area contributed by atoms with E-state index in [1.165, 1.54) is 0 Å². The number of benzene rings is 1. The van der Waals surface area contributed by atoms with Crippen molar-refractivity contribution in [2.24, 2.45) is 0 Å². The van der Waals surface area contributed by atoms with Gasteiger partial charge in [0.1, 0.15) is 17.4 Å². The van der Waals surface area contributed by atoms with E-state index in [0.29, 0.717) is 11.3 Å². The van der Waals surface area contributed by atoms with Crippen molar-refractivity contribution in [3.8, 4) is 5.75 Å². The summed E-state index contributed by atoms with van der Waals surface area (Å²) in [5.74, 6) is -0.229. The highest BCUT2D eigenvalue weighted by Gasteiger charge is 2.41. The maximum absolute atomic E-state index is 10.8. The first-order valence-corrected chi connectivity index (χ1v) is 5.38.